The Bertz CT molecular complexity index is 405. The molecule has 0 aromatic heterocycles. The van der Waals surface area contributed by atoms with Crippen molar-refractivity contribution < 1.29 is 26.7 Å². The van der Waals surface area contributed by atoms with Crippen LogP contribution in [0.4, 0.5) is 22.0 Å². The van der Waals surface area contributed by atoms with Crippen molar-refractivity contribution in [2.24, 2.45) is 5.73 Å². The van der Waals surface area contributed by atoms with Gasteiger partial charge in [0.1, 0.15) is 6.29 Å². The molecule has 88 valence electrons. The minimum Gasteiger partial charge on any atom is -0.321 e. The van der Waals surface area contributed by atoms with Crippen LogP contribution in [0.3, 0.4) is 0 Å². The van der Waals surface area contributed by atoms with Crippen LogP contribution in [0.15, 0.2) is 0 Å². The predicted molar refractivity (Wildman–Crippen MR) is 44.0 cm³/mol. The van der Waals surface area contributed by atoms with Crippen LogP contribution in [0.1, 0.15) is 5.56 Å². The molecule has 7 heteroatoms. The molecule has 0 fully saturated rings. The third kappa shape index (κ3) is 2.04. The molecule has 16 heavy (non-hydrogen) atoms. The number of carbonyl (C=O) groups excluding carboxylic acids is 1. The van der Waals surface area contributed by atoms with Gasteiger partial charge in [0.15, 0.2) is 23.3 Å². The lowest BCUT2D eigenvalue weighted by Crippen LogP contribution is -2.26. The first-order chi connectivity index (χ1) is 7.40. The molecule has 0 radical (unpaired) electrons. The first-order valence-electron chi connectivity index (χ1n) is 4.11. The number of benzene rings is 1. The van der Waals surface area contributed by atoms with Gasteiger partial charge in [-0.2, -0.15) is 0 Å². The van der Waals surface area contributed by atoms with E-state index in [1.807, 2.05) is 0 Å². The lowest BCUT2D eigenvalue weighted by Gasteiger charge is -2.09. The van der Waals surface area contributed by atoms with Crippen LogP contribution in [0.25, 0.3) is 0 Å². The Kier molecular flexibility index (Phi) is 3.58. The second kappa shape index (κ2) is 4.56. The molecule has 0 spiro atoms. The normalized spacial score (nSPS) is 12.6. The highest BCUT2D eigenvalue weighted by atomic mass is 19.2. The summed E-state index contributed by atoms with van der Waals surface area (Å²) in [6, 6.07) is -1.33. The van der Waals surface area contributed by atoms with Gasteiger partial charge in [0.05, 0.1) is 6.04 Å². The van der Waals surface area contributed by atoms with E-state index in [0.717, 1.165) is 0 Å². The van der Waals surface area contributed by atoms with Crippen molar-refractivity contribution in [2.75, 3.05) is 0 Å². The van der Waals surface area contributed by atoms with Gasteiger partial charge in [0.25, 0.3) is 0 Å². The van der Waals surface area contributed by atoms with E-state index in [0.29, 0.717) is 0 Å². The molecule has 0 saturated carbocycles. The largest absolute Gasteiger partial charge is 0.321 e. The molecule has 1 unspecified atom stereocenters. The summed E-state index contributed by atoms with van der Waals surface area (Å²) >= 11 is 0. The highest BCUT2D eigenvalue weighted by Gasteiger charge is 2.26. The molecule has 0 aliphatic rings. The first-order valence-corrected chi connectivity index (χ1v) is 4.11. The van der Waals surface area contributed by atoms with Crippen molar-refractivity contribution in [1.29, 1.82) is 0 Å². The summed E-state index contributed by atoms with van der Waals surface area (Å²) in [5.74, 6) is -10.3. The fraction of sp³-hybridized carbons (Fsp3) is 0.222. The Morgan fingerprint density at radius 3 is 1.69 bits per heavy atom. The maximum Gasteiger partial charge on any atom is 0.200 e. The predicted octanol–water partition coefficient (Wildman–Crippen LogP) is 1.45. The lowest BCUT2D eigenvalue weighted by molar-refractivity contribution is -0.108. The number of aldehydes is 1. The van der Waals surface area contributed by atoms with Gasteiger partial charge in [-0.1, -0.05) is 0 Å². The molecule has 0 aliphatic heterocycles. The zero-order chi connectivity index (χ0) is 12.5. The van der Waals surface area contributed by atoms with Gasteiger partial charge in [-0.3, -0.25) is 0 Å². The van der Waals surface area contributed by atoms with E-state index < -0.39 is 47.1 Å². The molecule has 2 N–H and O–H groups in total. The fourth-order valence-electron chi connectivity index (χ4n) is 1.11. The van der Waals surface area contributed by atoms with Crippen molar-refractivity contribution in [3.8, 4) is 0 Å². The molecule has 0 saturated heterocycles. The number of rotatable bonds is 3. The van der Waals surface area contributed by atoms with Crippen molar-refractivity contribution in [1.82, 2.24) is 0 Å². The van der Waals surface area contributed by atoms with Crippen molar-refractivity contribution in [3.63, 3.8) is 0 Å². The Labute approximate surface area is 86.9 Å². The van der Waals surface area contributed by atoms with E-state index in [9.17, 15) is 26.7 Å². The van der Waals surface area contributed by atoms with E-state index in [4.69, 9.17) is 5.73 Å². The number of hydrogen-bond donors (Lipinski definition) is 1. The molecule has 0 bridgehead atoms. The van der Waals surface area contributed by atoms with Crippen LogP contribution >= 0.6 is 0 Å². The number of halogens is 5. The fourth-order valence-corrected chi connectivity index (χ4v) is 1.11. The van der Waals surface area contributed by atoms with E-state index in [2.05, 4.69) is 0 Å². The Balaban J connectivity index is 3.33. The highest BCUT2D eigenvalue weighted by Crippen LogP contribution is 2.23. The summed E-state index contributed by atoms with van der Waals surface area (Å²) in [5.41, 5.74) is 3.95. The molecular weight excluding hydrogens is 233 g/mol. The van der Waals surface area contributed by atoms with Gasteiger partial charge >= 0.3 is 0 Å². The monoisotopic (exact) mass is 239 g/mol. The summed E-state index contributed by atoms with van der Waals surface area (Å²) < 4.78 is 63.9. The zero-order valence-electron chi connectivity index (χ0n) is 7.74. The second-order valence-electron chi connectivity index (χ2n) is 3.05. The number of nitrogens with two attached hydrogens (primary N) is 1. The third-order valence-corrected chi connectivity index (χ3v) is 1.92. The Morgan fingerprint density at radius 2 is 1.31 bits per heavy atom. The van der Waals surface area contributed by atoms with E-state index in [-0.39, 0.29) is 6.29 Å². The van der Waals surface area contributed by atoms with Gasteiger partial charge in [-0.05, 0) is 0 Å². The molecule has 0 amide bonds. The van der Waals surface area contributed by atoms with Crippen LogP contribution in [-0.2, 0) is 11.2 Å². The number of hydrogen-bond acceptors (Lipinski definition) is 2. The van der Waals surface area contributed by atoms with Crippen LogP contribution in [-0.4, -0.2) is 12.3 Å². The Morgan fingerprint density at radius 1 is 0.938 bits per heavy atom. The van der Waals surface area contributed by atoms with Crippen molar-refractivity contribution in [2.45, 2.75) is 12.5 Å². The van der Waals surface area contributed by atoms with Crippen LogP contribution in [0.5, 0.6) is 0 Å². The van der Waals surface area contributed by atoms with Gasteiger partial charge in [-0.15, -0.1) is 0 Å². The SMILES string of the molecule is NC(C=O)Cc1c(F)c(F)c(F)c(F)c1F. The summed E-state index contributed by atoms with van der Waals surface area (Å²) in [6.45, 7) is 0. The van der Waals surface area contributed by atoms with E-state index in [1.165, 1.54) is 0 Å². The second-order valence-corrected chi connectivity index (χ2v) is 3.05. The molecule has 1 aromatic carbocycles. The average molecular weight is 239 g/mol. The van der Waals surface area contributed by atoms with Crippen LogP contribution in [0, 0.1) is 29.1 Å². The highest BCUT2D eigenvalue weighted by molar-refractivity contribution is 5.57. The first kappa shape index (κ1) is 12.6. The molecule has 1 aromatic rings. The summed E-state index contributed by atoms with van der Waals surface area (Å²) in [5, 5.41) is 0. The topological polar surface area (TPSA) is 43.1 Å². The van der Waals surface area contributed by atoms with Gasteiger partial charge in [0.2, 0.25) is 5.82 Å². The molecular formula is C9H6F5NO. The maximum atomic E-state index is 13.0. The van der Waals surface area contributed by atoms with Crippen LogP contribution < -0.4 is 5.73 Å². The molecule has 2 nitrogen and oxygen atoms in total. The number of carbonyl (C=O) groups is 1. The summed E-state index contributed by atoms with van der Waals surface area (Å²) in [7, 11) is 0. The lowest BCUT2D eigenvalue weighted by atomic mass is 10.1. The summed E-state index contributed by atoms with van der Waals surface area (Å²) in [6.07, 6.45) is -0.604. The van der Waals surface area contributed by atoms with Gasteiger partial charge in [-0.25, -0.2) is 22.0 Å². The van der Waals surface area contributed by atoms with E-state index >= 15 is 0 Å². The molecule has 0 heterocycles. The molecule has 1 atom stereocenters. The maximum absolute atomic E-state index is 13.0. The Hall–Kier alpha value is -1.50. The molecule has 1 rings (SSSR count). The third-order valence-electron chi connectivity index (χ3n) is 1.92. The zero-order valence-corrected chi connectivity index (χ0v) is 7.74. The average Bonchev–Trinajstić information content (AvgIpc) is 2.29. The van der Waals surface area contributed by atoms with Gasteiger partial charge < -0.3 is 10.5 Å². The van der Waals surface area contributed by atoms with Crippen LogP contribution in [0.2, 0.25) is 0 Å². The van der Waals surface area contributed by atoms with Gasteiger partial charge in [0, 0.05) is 12.0 Å². The van der Waals surface area contributed by atoms with Crippen molar-refractivity contribution in [3.05, 3.63) is 34.6 Å². The summed E-state index contributed by atoms with van der Waals surface area (Å²) in [4.78, 5) is 10.1. The standard InChI is InChI=1S/C9H6F5NO/c10-5-4(1-3(15)2-16)6(11)8(13)9(14)7(5)12/h2-3H,1,15H2. The minimum atomic E-state index is -2.24. The quantitative estimate of drug-likeness (QED) is 0.375. The minimum absolute atomic E-state index is 0.151. The smallest absolute Gasteiger partial charge is 0.200 e. The van der Waals surface area contributed by atoms with E-state index in [1.54, 1.807) is 0 Å². The molecule has 0 aliphatic carbocycles. The van der Waals surface area contributed by atoms with Crippen molar-refractivity contribution >= 4 is 6.29 Å².